The lowest BCUT2D eigenvalue weighted by Crippen LogP contribution is -2.42. The van der Waals surface area contributed by atoms with Crippen LogP contribution in [0, 0.1) is 0 Å². The molecule has 0 spiro atoms. The van der Waals surface area contributed by atoms with Crippen LogP contribution in [0.15, 0.2) is 61.2 Å². The summed E-state index contributed by atoms with van der Waals surface area (Å²) >= 11 is 0. The predicted molar refractivity (Wildman–Crippen MR) is 84.4 cm³/mol. The molecule has 3 heteroatoms. The zero-order valence-corrected chi connectivity index (χ0v) is 11.8. The SMILES string of the molecule is C=C/C=C(\C=C)[C@@H](C)NC[C@H]1COc2ccccc2O1.[HH]. The molecule has 0 fully saturated rings. The summed E-state index contributed by atoms with van der Waals surface area (Å²) < 4.78 is 11.6. The Hall–Kier alpha value is -2.00. The summed E-state index contributed by atoms with van der Waals surface area (Å²) in [6.07, 6.45) is 5.58. The van der Waals surface area contributed by atoms with Crippen LogP contribution in [0.5, 0.6) is 11.5 Å². The average Bonchev–Trinajstić information content (AvgIpc) is 2.50. The average molecular weight is 273 g/mol. The molecule has 2 rings (SSSR count). The molecule has 0 saturated carbocycles. The standard InChI is InChI=1S/C17H21NO2.H2/c1-4-8-14(5-2)13(3)18-11-15-12-19-16-9-6-7-10-17(16)20-15;/h4-10,13,15,18H,1-2,11-12H2,3H3;1H/b14-8+;/t13-,15+;/m1./s1. The van der Waals surface area contributed by atoms with Gasteiger partial charge in [-0.2, -0.15) is 0 Å². The van der Waals surface area contributed by atoms with E-state index in [2.05, 4.69) is 25.4 Å². The summed E-state index contributed by atoms with van der Waals surface area (Å²) in [4.78, 5) is 0. The highest BCUT2D eigenvalue weighted by atomic mass is 16.6. The molecule has 2 atom stereocenters. The maximum Gasteiger partial charge on any atom is 0.161 e. The molecule has 0 bridgehead atoms. The summed E-state index contributed by atoms with van der Waals surface area (Å²) in [5.74, 6) is 1.62. The van der Waals surface area contributed by atoms with Gasteiger partial charge in [-0.25, -0.2) is 0 Å². The largest absolute Gasteiger partial charge is 0.486 e. The number of benzene rings is 1. The van der Waals surface area contributed by atoms with Gasteiger partial charge < -0.3 is 14.8 Å². The predicted octanol–water partition coefficient (Wildman–Crippen LogP) is 3.35. The van der Waals surface area contributed by atoms with Crippen LogP contribution in [-0.2, 0) is 0 Å². The Morgan fingerprint density at radius 3 is 2.90 bits per heavy atom. The first-order chi connectivity index (χ1) is 9.74. The summed E-state index contributed by atoms with van der Waals surface area (Å²) in [5, 5.41) is 3.43. The fraction of sp³-hybridized carbons (Fsp3) is 0.294. The normalized spacial score (nSPS) is 19.2. The molecule has 0 aliphatic carbocycles. The number of nitrogens with one attached hydrogen (secondary N) is 1. The number of allylic oxidation sites excluding steroid dienone is 2. The van der Waals surface area contributed by atoms with Gasteiger partial charge in [0.25, 0.3) is 0 Å². The highest BCUT2D eigenvalue weighted by Crippen LogP contribution is 2.30. The summed E-state index contributed by atoms with van der Waals surface area (Å²) in [6, 6.07) is 7.94. The van der Waals surface area contributed by atoms with Crippen LogP contribution in [0.2, 0.25) is 0 Å². The van der Waals surface area contributed by atoms with Crippen LogP contribution in [0.4, 0.5) is 0 Å². The molecule has 0 radical (unpaired) electrons. The van der Waals surface area contributed by atoms with Gasteiger partial charge in [0.15, 0.2) is 11.5 Å². The molecular formula is C17H23NO2. The van der Waals surface area contributed by atoms with E-state index in [-0.39, 0.29) is 13.6 Å². The van der Waals surface area contributed by atoms with E-state index in [1.807, 2.05) is 36.4 Å². The first-order valence-electron chi connectivity index (χ1n) is 6.81. The first-order valence-corrected chi connectivity index (χ1v) is 6.81. The van der Waals surface area contributed by atoms with Gasteiger partial charge >= 0.3 is 0 Å². The van der Waals surface area contributed by atoms with Crippen molar-refractivity contribution in [1.82, 2.24) is 5.32 Å². The van der Waals surface area contributed by atoms with E-state index < -0.39 is 0 Å². The first kappa shape index (κ1) is 14.4. The molecule has 3 nitrogen and oxygen atoms in total. The zero-order valence-electron chi connectivity index (χ0n) is 11.8. The molecule has 0 aromatic heterocycles. The second-order valence-corrected chi connectivity index (χ2v) is 4.73. The molecule has 1 aromatic rings. The molecule has 20 heavy (non-hydrogen) atoms. The third kappa shape index (κ3) is 3.52. The van der Waals surface area contributed by atoms with Gasteiger partial charge in [0.1, 0.15) is 12.7 Å². The quantitative estimate of drug-likeness (QED) is 0.806. The molecule has 1 heterocycles. The maximum absolute atomic E-state index is 5.90. The van der Waals surface area contributed by atoms with Crippen LogP contribution >= 0.6 is 0 Å². The lowest BCUT2D eigenvalue weighted by atomic mass is 10.1. The smallest absolute Gasteiger partial charge is 0.161 e. The fourth-order valence-electron chi connectivity index (χ4n) is 2.11. The van der Waals surface area contributed by atoms with Crippen LogP contribution in [-0.4, -0.2) is 25.3 Å². The minimum atomic E-state index is 0. The Morgan fingerprint density at radius 1 is 1.45 bits per heavy atom. The number of ether oxygens (including phenoxy) is 2. The van der Waals surface area contributed by atoms with Gasteiger partial charge in [0.2, 0.25) is 0 Å². The minimum absolute atomic E-state index is 0. The van der Waals surface area contributed by atoms with Gasteiger partial charge in [-0.1, -0.05) is 43.5 Å². The van der Waals surface area contributed by atoms with Crippen LogP contribution in [0.25, 0.3) is 0 Å². The van der Waals surface area contributed by atoms with E-state index in [1.165, 1.54) is 0 Å². The van der Waals surface area contributed by atoms with E-state index in [0.717, 1.165) is 23.6 Å². The van der Waals surface area contributed by atoms with E-state index in [9.17, 15) is 0 Å². The van der Waals surface area contributed by atoms with Crippen molar-refractivity contribution in [3.63, 3.8) is 0 Å². The molecular weight excluding hydrogens is 250 g/mol. The summed E-state index contributed by atoms with van der Waals surface area (Å²) in [5.41, 5.74) is 1.11. The van der Waals surface area contributed by atoms with Crippen molar-refractivity contribution in [2.75, 3.05) is 13.2 Å². The molecule has 0 saturated heterocycles. The summed E-state index contributed by atoms with van der Waals surface area (Å²) in [6.45, 7) is 10.9. The lowest BCUT2D eigenvalue weighted by molar-refractivity contribution is 0.0894. The van der Waals surface area contributed by atoms with E-state index in [0.29, 0.717) is 6.61 Å². The number of fused-ring (bicyclic) bond motifs is 1. The van der Waals surface area contributed by atoms with Crippen LogP contribution < -0.4 is 14.8 Å². The molecule has 0 amide bonds. The summed E-state index contributed by atoms with van der Waals surface area (Å²) in [7, 11) is 0. The van der Waals surface area contributed by atoms with Crippen molar-refractivity contribution in [3.8, 4) is 11.5 Å². The van der Waals surface area contributed by atoms with E-state index in [1.54, 1.807) is 6.08 Å². The number of hydrogen-bond donors (Lipinski definition) is 1. The monoisotopic (exact) mass is 273 g/mol. The molecule has 1 aliphatic rings. The Morgan fingerprint density at radius 2 is 2.20 bits per heavy atom. The van der Waals surface area contributed by atoms with Gasteiger partial charge in [-0.3, -0.25) is 0 Å². The maximum atomic E-state index is 5.90. The van der Waals surface area contributed by atoms with Crippen molar-refractivity contribution in [2.45, 2.75) is 19.1 Å². The molecule has 1 N–H and O–H groups in total. The van der Waals surface area contributed by atoms with Gasteiger partial charge in [0.05, 0.1) is 0 Å². The van der Waals surface area contributed by atoms with Crippen molar-refractivity contribution in [2.24, 2.45) is 0 Å². The van der Waals surface area contributed by atoms with Gasteiger partial charge in [-0.05, 0) is 24.6 Å². The molecule has 108 valence electrons. The molecule has 1 aliphatic heterocycles. The van der Waals surface area contributed by atoms with Crippen LogP contribution in [0.1, 0.15) is 8.35 Å². The Labute approximate surface area is 122 Å². The van der Waals surface area contributed by atoms with Crippen molar-refractivity contribution >= 4 is 0 Å². The second-order valence-electron chi connectivity index (χ2n) is 4.73. The third-order valence-electron chi connectivity index (χ3n) is 3.27. The van der Waals surface area contributed by atoms with E-state index >= 15 is 0 Å². The third-order valence-corrected chi connectivity index (χ3v) is 3.27. The Bertz CT molecular complexity index is 513. The van der Waals surface area contributed by atoms with Crippen molar-refractivity contribution < 1.29 is 10.9 Å². The van der Waals surface area contributed by atoms with Gasteiger partial charge in [-0.15, -0.1) is 0 Å². The Balaban J connectivity index is 0.00000220. The molecule has 1 aromatic carbocycles. The Kier molecular flexibility index (Phi) is 5.02. The number of para-hydroxylation sites is 2. The number of rotatable bonds is 6. The topological polar surface area (TPSA) is 30.5 Å². The lowest BCUT2D eigenvalue weighted by Gasteiger charge is -2.28. The fourth-order valence-corrected chi connectivity index (χ4v) is 2.11. The van der Waals surface area contributed by atoms with Gasteiger partial charge in [0, 0.05) is 14.0 Å². The van der Waals surface area contributed by atoms with Crippen molar-refractivity contribution in [1.29, 1.82) is 0 Å². The van der Waals surface area contributed by atoms with Crippen molar-refractivity contribution in [3.05, 3.63) is 61.2 Å². The number of hydrogen-bond acceptors (Lipinski definition) is 3. The minimum Gasteiger partial charge on any atom is -0.486 e. The zero-order chi connectivity index (χ0) is 14.4. The highest BCUT2D eigenvalue weighted by Gasteiger charge is 2.20. The van der Waals surface area contributed by atoms with Crippen LogP contribution in [0.3, 0.4) is 0 Å². The molecule has 0 unspecified atom stereocenters. The van der Waals surface area contributed by atoms with E-state index in [4.69, 9.17) is 9.47 Å². The highest BCUT2D eigenvalue weighted by molar-refractivity contribution is 5.40. The second kappa shape index (κ2) is 6.96.